The molecule has 1 atom stereocenters. The van der Waals surface area contributed by atoms with Crippen LogP contribution in [0.15, 0.2) is 0 Å². The molecule has 0 radical (unpaired) electrons. The van der Waals surface area contributed by atoms with Crippen molar-refractivity contribution in [2.45, 2.75) is 46.0 Å². The molecule has 0 aliphatic heterocycles. The third kappa shape index (κ3) is 7.26. The smallest absolute Gasteiger partial charge is 0.305 e. The second-order valence-electron chi connectivity index (χ2n) is 3.99. The van der Waals surface area contributed by atoms with Crippen LogP contribution in [0.4, 0.5) is 0 Å². The van der Waals surface area contributed by atoms with Gasteiger partial charge >= 0.3 is 5.97 Å². The van der Waals surface area contributed by atoms with Crippen LogP contribution in [-0.4, -0.2) is 25.5 Å². The summed E-state index contributed by atoms with van der Waals surface area (Å²) in [4.78, 5) is 22.2. The number of unbranched alkanes of at least 4 members (excludes halogenated alkanes) is 2. The van der Waals surface area contributed by atoms with Crippen molar-refractivity contribution in [1.82, 2.24) is 5.32 Å². The van der Waals surface area contributed by atoms with Crippen molar-refractivity contribution in [3.8, 4) is 0 Å². The van der Waals surface area contributed by atoms with E-state index in [0.29, 0.717) is 13.0 Å². The number of amides is 1. The Bertz CT molecular complexity index is 216. The van der Waals surface area contributed by atoms with Gasteiger partial charge in [-0.3, -0.25) is 9.59 Å². The van der Waals surface area contributed by atoms with Crippen molar-refractivity contribution < 1.29 is 14.3 Å². The lowest BCUT2D eigenvalue weighted by Gasteiger charge is -2.09. The molecular formula is C12H23NO3. The van der Waals surface area contributed by atoms with Crippen LogP contribution in [0.3, 0.4) is 0 Å². The maximum absolute atomic E-state index is 11.4. The lowest BCUT2D eigenvalue weighted by molar-refractivity contribution is -0.140. The molecule has 0 heterocycles. The summed E-state index contributed by atoms with van der Waals surface area (Å²) in [7, 11) is 1.40. The first-order valence-electron chi connectivity index (χ1n) is 5.96. The normalized spacial score (nSPS) is 11.9. The van der Waals surface area contributed by atoms with Crippen LogP contribution in [0, 0.1) is 5.92 Å². The largest absolute Gasteiger partial charge is 0.469 e. The van der Waals surface area contributed by atoms with Gasteiger partial charge in [-0.25, -0.2) is 0 Å². The second kappa shape index (κ2) is 9.19. The Kier molecular flexibility index (Phi) is 8.58. The number of rotatable bonds is 8. The average molecular weight is 229 g/mol. The molecule has 0 spiro atoms. The summed E-state index contributed by atoms with van der Waals surface area (Å²) in [5.41, 5.74) is 0. The summed E-state index contributed by atoms with van der Waals surface area (Å²) in [5, 5.41) is 2.88. The van der Waals surface area contributed by atoms with Crippen molar-refractivity contribution >= 4 is 11.9 Å². The van der Waals surface area contributed by atoms with E-state index in [9.17, 15) is 9.59 Å². The summed E-state index contributed by atoms with van der Waals surface area (Å²) in [5.74, 6) is 0.0502. The maximum atomic E-state index is 11.4. The SMILES string of the molecule is CCC(C)C(=O)NCCCCCC(=O)OC. The van der Waals surface area contributed by atoms with Crippen molar-refractivity contribution in [2.24, 2.45) is 5.92 Å². The molecule has 0 aromatic rings. The van der Waals surface area contributed by atoms with Gasteiger partial charge in [0.15, 0.2) is 0 Å². The second-order valence-corrected chi connectivity index (χ2v) is 3.99. The predicted molar refractivity (Wildman–Crippen MR) is 62.9 cm³/mol. The van der Waals surface area contributed by atoms with Crippen LogP contribution in [-0.2, 0) is 14.3 Å². The molecule has 0 aliphatic rings. The van der Waals surface area contributed by atoms with Crippen LogP contribution >= 0.6 is 0 Å². The van der Waals surface area contributed by atoms with Gasteiger partial charge in [-0.15, -0.1) is 0 Å². The van der Waals surface area contributed by atoms with Crippen LogP contribution < -0.4 is 5.32 Å². The highest BCUT2D eigenvalue weighted by molar-refractivity contribution is 5.78. The Morgan fingerprint density at radius 2 is 1.94 bits per heavy atom. The third-order valence-electron chi connectivity index (χ3n) is 2.64. The fourth-order valence-electron chi connectivity index (χ4n) is 1.24. The van der Waals surface area contributed by atoms with Gasteiger partial charge < -0.3 is 10.1 Å². The summed E-state index contributed by atoms with van der Waals surface area (Å²) in [6, 6.07) is 0. The average Bonchev–Trinajstić information content (AvgIpc) is 2.31. The first-order chi connectivity index (χ1) is 7.61. The molecule has 0 rings (SSSR count). The summed E-state index contributed by atoms with van der Waals surface area (Å²) in [6.45, 7) is 4.62. The minimum Gasteiger partial charge on any atom is -0.469 e. The van der Waals surface area contributed by atoms with E-state index in [1.807, 2.05) is 13.8 Å². The van der Waals surface area contributed by atoms with E-state index >= 15 is 0 Å². The van der Waals surface area contributed by atoms with Gasteiger partial charge in [0.05, 0.1) is 7.11 Å². The Labute approximate surface area is 97.7 Å². The first-order valence-corrected chi connectivity index (χ1v) is 5.96. The Morgan fingerprint density at radius 3 is 2.50 bits per heavy atom. The minimum absolute atomic E-state index is 0.0927. The molecule has 1 unspecified atom stereocenters. The molecule has 94 valence electrons. The molecule has 0 aromatic carbocycles. The zero-order valence-electron chi connectivity index (χ0n) is 10.5. The van der Waals surface area contributed by atoms with E-state index in [1.54, 1.807) is 0 Å². The van der Waals surface area contributed by atoms with Crippen molar-refractivity contribution in [3.63, 3.8) is 0 Å². The molecule has 0 aliphatic carbocycles. The molecule has 0 bridgehead atoms. The Hall–Kier alpha value is -1.06. The van der Waals surface area contributed by atoms with Crippen LogP contribution in [0.5, 0.6) is 0 Å². The molecule has 4 heteroatoms. The number of carbonyl (C=O) groups excluding carboxylic acids is 2. The molecule has 0 aromatic heterocycles. The summed E-state index contributed by atoms with van der Waals surface area (Å²) in [6.07, 6.45) is 4.02. The van der Waals surface area contributed by atoms with Gasteiger partial charge in [-0.2, -0.15) is 0 Å². The molecule has 16 heavy (non-hydrogen) atoms. The van der Waals surface area contributed by atoms with Crippen molar-refractivity contribution in [1.29, 1.82) is 0 Å². The van der Waals surface area contributed by atoms with Crippen LogP contribution in [0.25, 0.3) is 0 Å². The topological polar surface area (TPSA) is 55.4 Å². The molecule has 1 amide bonds. The highest BCUT2D eigenvalue weighted by Crippen LogP contribution is 2.02. The highest BCUT2D eigenvalue weighted by atomic mass is 16.5. The number of ether oxygens (including phenoxy) is 1. The van der Waals surface area contributed by atoms with Crippen molar-refractivity contribution in [3.05, 3.63) is 0 Å². The van der Waals surface area contributed by atoms with Gasteiger partial charge in [0.25, 0.3) is 0 Å². The maximum Gasteiger partial charge on any atom is 0.305 e. The lowest BCUT2D eigenvalue weighted by Crippen LogP contribution is -2.29. The minimum atomic E-state index is -0.163. The van der Waals surface area contributed by atoms with Crippen molar-refractivity contribution in [2.75, 3.05) is 13.7 Å². The quantitative estimate of drug-likeness (QED) is 0.510. The zero-order valence-corrected chi connectivity index (χ0v) is 10.5. The predicted octanol–water partition coefficient (Wildman–Crippen LogP) is 1.88. The van der Waals surface area contributed by atoms with E-state index in [0.717, 1.165) is 25.7 Å². The van der Waals surface area contributed by atoms with E-state index in [-0.39, 0.29) is 17.8 Å². The van der Waals surface area contributed by atoms with E-state index in [2.05, 4.69) is 10.1 Å². The van der Waals surface area contributed by atoms with Crippen LogP contribution in [0.1, 0.15) is 46.0 Å². The first kappa shape index (κ1) is 14.9. The van der Waals surface area contributed by atoms with Gasteiger partial charge in [0, 0.05) is 18.9 Å². The molecule has 0 saturated heterocycles. The van der Waals surface area contributed by atoms with E-state index < -0.39 is 0 Å². The van der Waals surface area contributed by atoms with Crippen LogP contribution in [0.2, 0.25) is 0 Å². The number of esters is 1. The number of nitrogens with one attached hydrogen (secondary N) is 1. The van der Waals surface area contributed by atoms with E-state index in [1.165, 1.54) is 7.11 Å². The van der Waals surface area contributed by atoms with Gasteiger partial charge in [-0.05, 0) is 19.3 Å². The fraction of sp³-hybridized carbons (Fsp3) is 0.833. The number of methoxy groups -OCH3 is 1. The number of hydrogen-bond acceptors (Lipinski definition) is 3. The molecule has 4 nitrogen and oxygen atoms in total. The Morgan fingerprint density at radius 1 is 1.25 bits per heavy atom. The summed E-state index contributed by atoms with van der Waals surface area (Å²) < 4.78 is 4.53. The van der Waals surface area contributed by atoms with Gasteiger partial charge in [0.1, 0.15) is 0 Å². The number of hydrogen-bond donors (Lipinski definition) is 1. The molecule has 0 saturated carbocycles. The lowest BCUT2D eigenvalue weighted by atomic mass is 10.1. The number of carbonyl (C=O) groups is 2. The summed E-state index contributed by atoms with van der Waals surface area (Å²) >= 11 is 0. The monoisotopic (exact) mass is 229 g/mol. The Balaban J connectivity index is 3.33. The molecule has 0 fully saturated rings. The van der Waals surface area contributed by atoms with Gasteiger partial charge in [0.2, 0.25) is 5.91 Å². The fourth-order valence-corrected chi connectivity index (χ4v) is 1.24. The van der Waals surface area contributed by atoms with E-state index in [4.69, 9.17) is 0 Å². The highest BCUT2D eigenvalue weighted by Gasteiger charge is 2.08. The zero-order chi connectivity index (χ0) is 12.4. The molecule has 1 N–H and O–H groups in total. The van der Waals surface area contributed by atoms with Gasteiger partial charge in [-0.1, -0.05) is 20.3 Å². The molecular weight excluding hydrogens is 206 g/mol. The third-order valence-corrected chi connectivity index (χ3v) is 2.64. The standard InChI is InChI=1S/C12H23NO3/c1-4-10(2)12(15)13-9-7-5-6-8-11(14)16-3/h10H,4-9H2,1-3H3,(H,13,15).